The number of hydrogen-bond donors (Lipinski definition) is 1. The molecule has 0 saturated carbocycles. The summed E-state index contributed by atoms with van der Waals surface area (Å²) in [5.41, 5.74) is 7.96. The lowest BCUT2D eigenvalue weighted by Crippen LogP contribution is -2.23. The molecule has 5 nitrogen and oxygen atoms in total. The van der Waals surface area contributed by atoms with Crippen LogP contribution in [0.25, 0.3) is 0 Å². The first-order chi connectivity index (χ1) is 9.26. The zero-order valence-electron chi connectivity index (χ0n) is 11.2. The van der Waals surface area contributed by atoms with Gasteiger partial charge in [-0.05, 0) is 18.1 Å². The predicted molar refractivity (Wildman–Crippen MR) is 72.5 cm³/mol. The molecule has 1 fully saturated rings. The largest absolute Gasteiger partial charge is 0.486 e. The smallest absolute Gasteiger partial charge is 0.163 e. The summed E-state index contributed by atoms with van der Waals surface area (Å²) in [7, 11) is 1.77. The number of nitrogen functional groups attached to an aromatic ring is 1. The van der Waals surface area contributed by atoms with E-state index in [4.69, 9.17) is 19.9 Å². The summed E-state index contributed by atoms with van der Waals surface area (Å²) in [5.74, 6) is 1.56. The Bertz CT molecular complexity index is 464. The van der Waals surface area contributed by atoms with E-state index in [2.05, 4.69) is 4.90 Å². The third-order valence-electron chi connectivity index (χ3n) is 3.76. The molecular formula is C14H20N2O3. The molecule has 2 N–H and O–H groups in total. The van der Waals surface area contributed by atoms with Crippen molar-refractivity contribution in [2.24, 2.45) is 0 Å². The van der Waals surface area contributed by atoms with Gasteiger partial charge in [0.15, 0.2) is 11.5 Å². The average molecular weight is 264 g/mol. The average Bonchev–Trinajstić information content (AvgIpc) is 2.87. The Hall–Kier alpha value is -1.46. The highest BCUT2D eigenvalue weighted by Crippen LogP contribution is 2.35. The quantitative estimate of drug-likeness (QED) is 0.833. The molecule has 1 atom stereocenters. The second kappa shape index (κ2) is 5.27. The molecule has 0 aliphatic carbocycles. The Labute approximate surface area is 113 Å². The summed E-state index contributed by atoms with van der Waals surface area (Å²) < 4.78 is 16.5. The predicted octanol–water partition coefficient (Wildman–Crippen LogP) is 1.26. The van der Waals surface area contributed by atoms with E-state index in [1.54, 1.807) is 7.11 Å². The second-order valence-electron chi connectivity index (χ2n) is 5.08. The lowest BCUT2D eigenvalue weighted by molar-refractivity contribution is 0.107. The van der Waals surface area contributed by atoms with Crippen LogP contribution in [0.15, 0.2) is 12.1 Å². The molecule has 0 spiro atoms. The molecule has 19 heavy (non-hydrogen) atoms. The van der Waals surface area contributed by atoms with Crippen molar-refractivity contribution in [3.63, 3.8) is 0 Å². The lowest BCUT2D eigenvalue weighted by atomic mass is 10.1. The van der Waals surface area contributed by atoms with Crippen molar-refractivity contribution < 1.29 is 14.2 Å². The van der Waals surface area contributed by atoms with Gasteiger partial charge in [-0.25, -0.2) is 0 Å². The Morgan fingerprint density at radius 3 is 2.74 bits per heavy atom. The van der Waals surface area contributed by atoms with Crippen LogP contribution in [0.2, 0.25) is 0 Å². The lowest BCUT2D eigenvalue weighted by Gasteiger charge is -2.22. The van der Waals surface area contributed by atoms with E-state index in [-0.39, 0.29) is 0 Å². The number of nitrogens with zero attached hydrogens (tertiary/aromatic N) is 1. The van der Waals surface area contributed by atoms with Gasteiger partial charge in [0.1, 0.15) is 13.2 Å². The molecule has 1 unspecified atom stereocenters. The van der Waals surface area contributed by atoms with E-state index in [1.165, 1.54) is 0 Å². The molecular weight excluding hydrogens is 244 g/mol. The SMILES string of the molecule is COC1CCN(Cc2cc3c(cc2N)OCCO3)C1. The highest BCUT2D eigenvalue weighted by molar-refractivity contribution is 5.58. The number of anilines is 1. The van der Waals surface area contributed by atoms with Crippen LogP contribution < -0.4 is 15.2 Å². The first kappa shape index (κ1) is 12.6. The van der Waals surface area contributed by atoms with Gasteiger partial charge in [-0.1, -0.05) is 0 Å². The maximum absolute atomic E-state index is 6.10. The standard InChI is InChI=1S/C14H20N2O3/c1-17-11-2-3-16(9-11)8-10-6-13-14(7-12(10)15)19-5-4-18-13/h6-7,11H,2-5,8-9,15H2,1H3. The molecule has 2 heterocycles. The number of rotatable bonds is 3. The molecule has 0 aromatic heterocycles. The Balaban J connectivity index is 1.74. The van der Waals surface area contributed by atoms with Gasteiger partial charge in [-0.2, -0.15) is 0 Å². The minimum Gasteiger partial charge on any atom is -0.486 e. The summed E-state index contributed by atoms with van der Waals surface area (Å²) in [5, 5.41) is 0. The van der Waals surface area contributed by atoms with Crippen molar-refractivity contribution in [2.75, 3.05) is 39.1 Å². The fourth-order valence-electron chi connectivity index (χ4n) is 2.66. The van der Waals surface area contributed by atoms with Gasteiger partial charge in [-0.3, -0.25) is 4.90 Å². The normalized spacial score (nSPS) is 22.7. The highest BCUT2D eigenvalue weighted by Gasteiger charge is 2.23. The molecule has 104 valence electrons. The summed E-state index contributed by atoms with van der Waals surface area (Å²) in [4.78, 5) is 2.36. The third kappa shape index (κ3) is 2.62. The van der Waals surface area contributed by atoms with Crippen LogP contribution in [0, 0.1) is 0 Å². The van der Waals surface area contributed by atoms with Gasteiger partial charge in [0, 0.05) is 38.5 Å². The fraction of sp³-hybridized carbons (Fsp3) is 0.571. The van der Waals surface area contributed by atoms with Crippen molar-refractivity contribution in [3.05, 3.63) is 17.7 Å². The van der Waals surface area contributed by atoms with Crippen LogP contribution in [0.3, 0.4) is 0 Å². The Morgan fingerprint density at radius 1 is 1.32 bits per heavy atom. The fourth-order valence-corrected chi connectivity index (χ4v) is 2.66. The summed E-state index contributed by atoms with van der Waals surface area (Å²) >= 11 is 0. The van der Waals surface area contributed by atoms with E-state index >= 15 is 0 Å². The molecule has 0 radical (unpaired) electrons. The van der Waals surface area contributed by atoms with Crippen molar-refractivity contribution in [1.29, 1.82) is 0 Å². The molecule has 3 rings (SSSR count). The number of fused-ring (bicyclic) bond motifs is 1. The Morgan fingerprint density at radius 2 is 2.05 bits per heavy atom. The van der Waals surface area contributed by atoms with Gasteiger partial charge < -0.3 is 19.9 Å². The van der Waals surface area contributed by atoms with Crippen LogP contribution >= 0.6 is 0 Å². The zero-order valence-corrected chi connectivity index (χ0v) is 11.2. The number of nitrogens with two attached hydrogens (primary N) is 1. The summed E-state index contributed by atoms with van der Waals surface area (Å²) in [6.45, 7) is 4.04. The van der Waals surface area contributed by atoms with Crippen molar-refractivity contribution in [2.45, 2.75) is 19.1 Å². The van der Waals surface area contributed by atoms with E-state index < -0.39 is 0 Å². The molecule has 0 bridgehead atoms. The van der Waals surface area contributed by atoms with Crippen molar-refractivity contribution in [1.82, 2.24) is 4.90 Å². The number of likely N-dealkylation sites (tertiary alicyclic amines) is 1. The number of methoxy groups -OCH3 is 1. The molecule has 5 heteroatoms. The maximum Gasteiger partial charge on any atom is 0.163 e. The van der Waals surface area contributed by atoms with Crippen molar-refractivity contribution in [3.8, 4) is 11.5 Å². The number of benzene rings is 1. The highest BCUT2D eigenvalue weighted by atomic mass is 16.6. The minimum absolute atomic E-state index is 0.346. The van der Waals surface area contributed by atoms with E-state index in [1.807, 2.05) is 12.1 Å². The topological polar surface area (TPSA) is 57.0 Å². The van der Waals surface area contributed by atoms with Crippen LogP contribution in [-0.4, -0.2) is 44.4 Å². The van der Waals surface area contributed by atoms with Crippen molar-refractivity contribution >= 4 is 5.69 Å². The van der Waals surface area contributed by atoms with E-state index in [9.17, 15) is 0 Å². The summed E-state index contributed by atoms with van der Waals surface area (Å²) in [6.07, 6.45) is 1.43. The van der Waals surface area contributed by atoms with Gasteiger partial charge in [-0.15, -0.1) is 0 Å². The molecule has 0 amide bonds. The van der Waals surface area contributed by atoms with Gasteiger partial charge in [0.05, 0.1) is 6.10 Å². The molecule has 1 aromatic rings. The molecule has 2 aliphatic heterocycles. The van der Waals surface area contributed by atoms with Gasteiger partial charge in [0.2, 0.25) is 0 Å². The minimum atomic E-state index is 0.346. The third-order valence-corrected chi connectivity index (χ3v) is 3.76. The Kier molecular flexibility index (Phi) is 3.48. The monoisotopic (exact) mass is 264 g/mol. The number of hydrogen-bond acceptors (Lipinski definition) is 5. The van der Waals surface area contributed by atoms with Crippen LogP contribution in [-0.2, 0) is 11.3 Å². The maximum atomic E-state index is 6.10. The molecule has 2 aliphatic rings. The molecule has 1 saturated heterocycles. The molecule has 1 aromatic carbocycles. The zero-order chi connectivity index (χ0) is 13.2. The van der Waals surface area contributed by atoms with Gasteiger partial charge in [0.25, 0.3) is 0 Å². The first-order valence-electron chi connectivity index (χ1n) is 6.69. The second-order valence-corrected chi connectivity index (χ2v) is 5.08. The van der Waals surface area contributed by atoms with Crippen LogP contribution in [0.5, 0.6) is 11.5 Å². The van der Waals surface area contributed by atoms with E-state index in [0.717, 1.165) is 48.8 Å². The van der Waals surface area contributed by atoms with E-state index in [0.29, 0.717) is 19.3 Å². The van der Waals surface area contributed by atoms with Crippen LogP contribution in [0.4, 0.5) is 5.69 Å². The van der Waals surface area contributed by atoms with Gasteiger partial charge >= 0.3 is 0 Å². The van der Waals surface area contributed by atoms with Crippen LogP contribution in [0.1, 0.15) is 12.0 Å². The summed E-state index contributed by atoms with van der Waals surface area (Å²) in [6, 6.07) is 3.87. The number of ether oxygens (including phenoxy) is 3. The first-order valence-corrected chi connectivity index (χ1v) is 6.69.